The van der Waals surface area contributed by atoms with Gasteiger partial charge < -0.3 is 9.42 Å². The van der Waals surface area contributed by atoms with Crippen molar-refractivity contribution in [1.82, 2.24) is 5.16 Å². The molecule has 0 amide bonds. The van der Waals surface area contributed by atoms with Crippen molar-refractivity contribution in [3.05, 3.63) is 47.5 Å². The predicted molar refractivity (Wildman–Crippen MR) is 80.6 cm³/mol. The van der Waals surface area contributed by atoms with Gasteiger partial charge in [0.2, 0.25) is 5.88 Å². The molecule has 4 rings (SSSR count). The first kappa shape index (κ1) is 10.5. The molecule has 0 bridgehead atoms. The minimum Gasteiger partial charge on any atom is -0.337 e. The van der Waals surface area contributed by atoms with Crippen molar-refractivity contribution in [2.75, 3.05) is 11.4 Å². The second-order valence-electron chi connectivity index (χ2n) is 4.45. The summed E-state index contributed by atoms with van der Waals surface area (Å²) in [6, 6.07) is 11.3. The molecule has 0 saturated heterocycles. The third-order valence-corrected chi connectivity index (χ3v) is 3.58. The minimum atomic E-state index is 0.378. The second-order valence-corrected chi connectivity index (χ2v) is 4.86. The van der Waals surface area contributed by atoms with Crippen LogP contribution in [-0.2, 0) is 0 Å². The highest BCUT2D eigenvalue weighted by molar-refractivity contribution is 6.36. The molecule has 1 aliphatic heterocycles. The average molecular weight is 285 g/mol. The Morgan fingerprint density at radius 1 is 1.25 bits per heavy atom. The molecule has 0 fully saturated rings. The highest BCUT2D eigenvalue weighted by Gasteiger charge is 2.22. The molecule has 5 heteroatoms. The van der Waals surface area contributed by atoms with Crippen LogP contribution in [0.25, 0.3) is 10.9 Å². The summed E-state index contributed by atoms with van der Waals surface area (Å²) < 4.78 is 13.5. The van der Waals surface area contributed by atoms with Crippen molar-refractivity contribution in [2.24, 2.45) is 4.99 Å². The summed E-state index contributed by atoms with van der Waals surface area (Å²) in [4.78, 5) is 6.24. The first-order valence-corrected chi connectivity index (χ1v) is 6.57. The number of hydrogen-bond acceptors (Lipinski definition) is 4. The number of nitrogens with zero attached hydrogens (tertiary/aromatic N) is 3. The summed E-state index contributed by atoms with van der Waals surface area (Å²) in [5.41, 5.74) is 2.16. The van der Waals surface area contributed by atoms with E-state index in [9.17, 15) is 0 Å². The van der Waals surface area contributed by atoms with Crippen LogP contribution in [0.1, 0.15) is 1.37 Å². The van der Waals surface area contributed by atoms with Crippen LogP contribution < -0.4 is 4.90 Å². The van der Waals surface area contributed by atoms with Gasteiger partial charge in [0.25, 0.3) is 0 Å². The monoisotopic (exact) mass is 284 g/mol. The van der Waals surface area contributed by atoms with Crippen LogP contribution in [0.3, 0.4) is 0 Å². The van der Waals surface area contributed by atoms with Crippen LogP contribution in [0.15, 0.2) is 52.0 Å². The van der Waals surface area contributed by atoms with Crippen LogP contribution in [-0.4, -0.2) is 17.9 Å². The van der Waals surface area contributed by atoms with Gasteiger partial charge in [0.15, 0.2) is 0 Å². The van der Waals surface area contributed by atoms with Gasteiger partial charge in [-0.25, -0.2) is 0 Å². The Balaban J connectivity index is 1.95. The topological polar surface area (TPSA) is 41.6 Å². The summed E-state index contributed by atoms with van der Waals surface area (Å²) in [5.74, 6) is 0.577. The summed E-state index contributed by atoms with van der Waals surface area (Å²) in [7, 11) is 0. The van der Waals surface area contributed by atoms with Gasteiger partial charge in [0, 0.05) is 6.21 Å². The number of benzene rings is 2. The number of anilines is 2. The van der Waals surface area contributed by atoms with Gasteiger partial charge in [-0.3, -0.25) is 4.99 Å². The van der Waals surface area contributed by atoms with Crippen molar-refractivity contribution in [3.63, 3.8) is 0 Å². The molecule has 2 aromatic carbocycles. The zero-order valence-electron chi connectivity index (χ0n) is 11.4. The number of fused-ring (bicyclic) bond motifs is 2. The summed E-state index contributed by atoms with van der Waals surface area (Å²) in [6.45, 7) is 0.548. The Morgan fingerprint density at radius 2 is 2.20 bits per heavy atom. The quantitative estimate of drug-likeness (QED) is 0.668. The standard InChI is InChI=1S/C15H10ClN3O/c16-10-4-3-6-12-14(10)15(20-18-12)19-9-8-17-11-5-1-2-7-13(11)19/h1-8H,9H2/i5D. The Hall–Kier alpha value is -2.33. The predicted octanol–water partition coefficient (Wildman–Crippen LogP) is 4.34. The maximum Gasteiger partial charge on any atom is 0.241 e. The second kappa shape index (κ2) is 4.35. The molecule has 0 saturated carbocycles. The van der Waals surface area contributed by atoms with Crippen molar-refractivity contribution in [1.29, 1.82) is 0 Å². The highest BCUT2D eigenvalue weighted by Crippen LogP contribution is 2.40. The maximum atomic E-state index is 7.96. The molecule has 98 valence electrons. The molecule has 0 spiro atoms. The molecule has 0 radical (unpaired) electrons. The molecular formula is C15H10ClN3O. The van der Waals surface area contributed by atoms with E-state index in [4.69, 9.17) is 17.5 Å². The molecule has 20 heavy (non-hydrogen) atoms. The summed E-state index contributed by atoms with van der Waals surface area (Å²) >= 11 is 6.28. The molecule has 3 aromatic rings. The zero-order valence-corrected chi connectivity index (χ0v) is 11.1. The first-order chi connectivity index (χ1) is 10.3. The smallest absolute Gasteiger partial charge is 0.241 e. The largest absolute Gasteiger partial charge is 0.337 e. The SMILES string of the molecule is [2H]c1cccc2c1N=CCN2c1onc2cccc(Cl)c12. The molecule has 1 aromatic heterocycles. The van der Waals surface area contributed by atoms with Crippen LogP contribution in [0.2, 0.25) is 5.02 Å². The van der Waals surface area contributed by atoms with Crippen molar-refractivity contribution in [3.8, 4) is 0 Å². The maximum absolute atomic E-state index is 7.96. The molecule has 2 heterocycles. The van der Waals surface area contributed by atoms with Gasteiger partial charge in [-0.05, 0) is 24.2 Å². The van der Waals surface area contributed by atoms with Gasteiger partial charge in [0.05, 0.1) is 29.7 Å². The molecule has 1 aliphatic rings. The number of para-hydroxylation sites is 2. The average Bonchev–Trinajstić information content (AvgIpc) is 2.92. The zero-order chi connectivity index (χ0) is 14.4. The number of rotatable bonds is 1. The molecule has 0 aliphatic carbocycles. The fraction of sp³-hybridized carbons (Fsp3) is 0.0667. The fourth-order valence-corrected chi connectivity index (χ4v) is 2.62. The van der Waals surface area contributed by atoms with E-state index in [1.54, 1.807) is 12.3 Å². The van der Waals surface area contributed by atoms with Gasteiger partial charge in [-0.1, -0.05) is 35.0 Å². The van der Waals surface area contributed by atoms with Crippen LogP contribution in [0.4, 0.5) is 17.3 Å². The van der Waals surface area contributed by atoms with Crippen molar-refractivity contribution < 1.29 is 5.89 Å². The van der Waals surface area contributed by atoms with E-state index in [1.807, 2.05) is 35.2 Å². The molecule has 0 unspecified atom stereocenters. The first-order valence-electron chi connectivity index (χ1n) is 6.69. The lowest BCUT2D eigenvalue weighted by molar-refractivity contribution is 0.433. The minimum absolute atomic E-state index is 0.378. The highest BCUT2D eigenvalue weighted by atomic mass is 35.5. The van der Waals surface area contributed by atoms with E-state index in [-0.39, 0.29) is 0 Å². The molecule has 0 N–H and O–H groups in total. The Labute approximate surface area is 121 Å². The summed E-state index contributed by atoms with van der Waals surface area (Å²) in [6.07, 6.45) is 1.76. The lowest BCUT2D eigenvalue weighted by atomic mass is 10.2. The Bertz CT molecular complexity index is 874. The Morgan fingerprint density at radius 3 is 3.15 bits per heavy atom. The van der Waals surface area contributed by atoms with E-state index in [0.717, 1.165) is 11.1 Å². The number of hydrogen-bond donors (Lipinski definition) is 0. The normalized spacial score (nSPS) is 14.4. The van der Waals surface area contributed by atoms with Gasteiger partial charge in [-0.15, -0.1) is 0 Å². The lowest BCUT2D eigenvalue weighted by Gasteiger charge is -2.24. The van der Waals surface area contributed by atoms with Crippen LogP contribution >= 0.6 is 11.6 Å². The third kappa shape index (κ3) is 1.62. The Kier molecular flexibility index (Phi) is 2.28. The van der Waals surface area contributed by atoms with Gasteiger partial charge >= 0.3 is 0 Å². The van der Waals surface area contributed by atoms with Crippen molar-refractivity contribution in [2.45, 2.75) is 0 Å². The van der Waals surface area contributed by atoms with Crippen LogP contribution in [0.5, 0.6) is 0 Å². The molecule has 0 atom stereocenters. The van der Waals surface area contributed by atoms with Gasteiger partial charge in [0.1, 0.15) is 5.52 Å². The number of aromatic nitrogens is 1. The number of aliphatic imine (C=N–C) groups is 1. The molecular weight excluding hydrogens is 274 g/mol. The van der Waals surface area contributed by atoms with E-state index in [2.05, 4.69) is 10.1 Å². The van der Waals surface area contributed by atoms with Gasteiger partial charge in [-0.2, -0.15) is 0 Å². The lowest BCUT2D eigenvalue weighted by Crippen LogP contribution is -2.21. The van der Waals surface area contributed by atoms with Crippen molar-refractivity contribution >= 4 is 46.0 Å². The number of halogens is 1. The van der Waals surface area contributed by atoms with E-state index in [0.29, 0.717) is 34.7 Å². The summed E-state index contributed by atoms with van der Waals surface area (Å²) in [5, 5.41) is 5.42. The fourth-order valence-electron chi connectivity index (χ4n) is 2.37. The van der Waals surface area contributed by atoms with E-state index >= 15 is 0 Å². The van der Waals surface area contributed by atoms with E-state index in [1.165, 1.54) is 0 Å². The van der Waals surface area contributed by atoms with Crippen LogP contribution in [0, 0.1) is 0 Å². The molecule has 4 nitrogen and oxygen atoms in total. The third-order valence-electron chi connectivity index (χ3n) is 3.27. The van der Waals surface area contributed by atoms with E-state index < -0.39 is 0 Å².